The highest BCUT2D eigenvalue weighted by Crippen LogP contribution is 2.32. The van der Waals surface area contributed by atoms with E-state index in [2.05, 4.69) is 24.4 Å². The van der Waals surface area contributed by atoms with Gasteiger partial charge in [-0.15, -0.1) is 0 Å². The first-order chi connectivity index (χ1) is 11.2. The molecule has 2 amide bonds. The molecule has 2 aromatic rings. The molecule has 1 fully saturated rings. The van der Waals surface area contributed by atoms with E-state index in [1.807, 2.05) is 41.3 Å². The van der Waals surface area contributed by atoms with Crippen molar-refractivity contribution < 1.29 is 4.79 Å². The number of urea groups is 1. The molecule has 1 heterocycles. The Morgan fingerprint density at radius 2 is 1.87 bits per heavy atom. The Bertz CT molecular complexity index is 667. The van der Waals surface area contributed by atoms with Crippen molar-refractivity contribution in [3.8, 4) is 0 Å². The number of nitrogens with zero attached hydrogens (tertiary/aromatic N) is 1. The molecule has 1 saturated heterocycles. The first kappa shape index (κ1) is 15.9. The summed E-state index contributed by atoms with van der Waals surface area (Å²) in [5.41, 5.74) is 3.25. The van der Waals surface area contributed by atoms with Crippen molar-refractivity contribution in [1.29, 1.82) is 0 Å². The van der Waals surface area contributed by atoms with Crippen molar-refractivity contribution in [2.45, 2.75) is 32.2 Å². The highest BCUT2D eigenvalue weighted by atomic mass is 35.5. The topological polar surface area (TPSA) is 32.3 Å². The summed E-state index contributed by atoms with van der Waals surface area (Å²) < 4.78 is 0. The molecule has 120 valence electrons. The maximum atomic E-state index is 12.6. The number of benzene rings is 2. The van der Waals surface area contributed by atoms with Gasteiger partial charge >= 0.3 is 6.03 Å². The summed E-state index contributed by atoms with van der Waals surface area (Å²) in [7, 11) is 0. The monoisotopic (exact) mass is 328 g/mol. The summed E-state index contributed by atoms with van der Waals surface area (Å²) >= 11 is 5.96. The predicted molar refractivity (Wildman–Crippen MR) is 95.0 cm³/mol. The molecule has 0 aliphatic carbocycles. The summed E-state index contributed by atoms with van der Waals surface area (Å²) in [6.45, 7) is 2.90. The Morgan fingerprint density at radius 1 is 1.17 bits per heavy atom. The maximum Gasteiger partial charge on any atom is 0.322 e. The van der Waals surface area contributed by atoms with Crippen LogP contribution in [0.3, 0.4) is 0 Å². The lowest BCUT2D eigenvalue weighted by Crippen LogP contribution is -2.34. The summed E-state index contributed by atoms with van der Waals surface area (Å²) in [4.78, 5) is 14.5. The molecule has 2 aromatic carbocycles. The highest BCUT2D eigenvalue weighted by Gasteiger charge is 2.29. The fourth-order valence-corrected chi connectivity index (χ4v) is 3.19. The number of anilines is 1. The molecule has 1 unspecified atom stereocenters. The largest absolute Gasteiger partial charge is 0.322 e. The Balaban J connectivity index is 1.71. The zero-order valence-corrected chi connectivity index (χ0v) is 14.0. The smallest absolute Gasteiger partial charge is 0.317 e. The molecular weight excluding hydrogens is 308 g/mol. The van der Waals surface area contributed by atoms with Crippen LogP contribution in [0.25, 0.3) is 0 Å². The number of carbonyl (C=O) groups is 1. The number of rotatable bonds is 3. The Morgan fingerprint density at radius 3 is 2.52 bits per heavy atom. The number of halogens is 1. The first-order valence-corrected chi connectivity index (χ1v) is 8.47. The fourth-order valence-electron chi connectivity index (χ4n) is 3.06. The first-order valence-electron chi connectivity index (χ1n) is 8.09. The number of hydrogen-bond acceptors (Lipinski definition) is 1. The fraction of sp³-hybridized carbons (Fsp3) is 0.316. The second-order valence-corrected chi connectivity index (χ2v) is 6.32. The van der Waals surface area contributed by atoms with Gasteiger partial charge in [-0.05, 0) is 54.7 Å². The average Bonchev–Trinajstić information content (AvgIpc) is 3.06. The molecule has 0 saturated carbocycles. The number of carbonyl (C=O) groups excluding carboxylic acids is 1. The SMILES string of the molecule is CCc1ccc(NC(=O)N2CCCC2c2ccc(Cl)cc2)cc1. The van der Waals surface area contributed by atoms with Gasteiger partial charge in [0.1, 0.15) is 0 Å². The van der Waals surface area contributed by atoms with Crippen molar-refractivity contribution in [3.63, 3.8) is 0 Å². The van der Waals surface area contributed by atoms with E-state index in [1.54, 1.807) is 0 Å². The molecule has 1 N–H and O–H groups in total. The maximum absolute atomic E-state index is 12.6. The molecule has 1 aliphatic rings. The third-order valence-corrected chi connectivity index (χ3v) is 4.63. The molecule has 0 aromatic heterocycles. The normalized spacial score (nSPS) is 17.3. The van der Waals surface area contributed by atoms with Crippen LogP contribution < -0.4 is 5.32 Å². The van der Waals surface area contributed by atoms with E-state index in [4.69, 9.17) is 11.6 Å². The lowest BCUT2D eigenvalue weighted by Gasteiger charge is -2.25. The van der Waals surface area contributed by atoms with Gasteiger partial charge in [-0.2, -0.15) is 0 Å². The van der Waals surface area contributed by atoms with Gasteiger partial charge < -0.3 is 10.2 Å². The van der Waals surface area contributed by atoms with Crippen LogP contribution in [0, 0.1) is 0 Å². The van der Waals surface area contributed by atoms with Crippen molar-refractivity contribution in [2.75, 3.05) is 11.9 Å². The van der Waals surface area contributed by atoms with E-state index in [0.29, 0.717) is 0 Å². The van der Waals surface area contributed by atoms with Crippen LogP contribution in [0.5, 0.6) is 0 Å². The second kappa shape index (κ2) is 7.05. The highest BCUT2D eigenvalue weighted by molar-refractivity contribution is 6.30. The molecular formula is C19H21ClN2O. The lowest BCUT2D eigenvalue weighted by molar-refractivity contribution is 0.207. The molecule has 4 heteroatoms. The van der Waals surface area contributed by atoms with Gasteiger partial charge in [0, 0.05) is 17.3 Å². The van der Waals surface area contributed by atoms with Crippen molar-refractivity contribution in [1.82, 2.24) is 4.90 Å². The molecule has 3 nitrogen and oxygen atoms in total. The summed E-state index contributed by atoms with van der Waals surface area (Å²) in [6, 6.07) is 15.9. The zero-order chi connectivity index (χ0) is 16.2. The minimum absolute atomic E-state index is 0.0355. The van der Waals surface area contributed by atoms with Crippen LogP contribution >= 0.6 is 11.6 Å². The molecule has 1 atom stereocenters. The summed E-state index contributed by atoms with van der Waals surface area (Å²) in [5, 5.41) is 3.73. The Labute approximate surface area is 142 Å². The lowest BCUT2D eigenvalue weighted by atomic mass is 10.1. The van der Waals surface area contributed by atoms with Gasteiger partial charge in [0.15, 0.2) is 0 Å². The molecule has 23 heavy (non-hydrogen) atoms. The summed E-state index contributed by atoms with van der Waals surface area (Å²) in [6.07, 6.45) is 3.01. The quantitative estimate of drug-likeness (QED) is 0.817. The standard InChI is InChI=1S/C19H21ClN2O/c1-2-14-5-11-17(12-6-14)21-19(23)22-13-3-4-18(22)15-7-9-16(20)10-8-15/h5-12,18H,2-4,13H2,1H3,(H,21,23). The van der Waals surface area contributed by atoms with Gasteiger partial charge in [0.2, 0.25) is 0 Å². The Kier molecular flexibility index (Phi) is 4.87. The number of amides is 2. The molecule has 0 radical (unpaired) electrons. The van der Waals surface area contributed by atoms with Crippen LogP contribution in [0.2, 0.25) is 5.02 Å². The van der Waals surface area contributed by atoms with Crippen molar-refractivity contribution >= 4 is 23.3 Å². The predicted octanol–water partition coefficient (Wildman–Crippen LogP) is 5.27. The third kappa shape index (κ3) is 3.67. The van der Waals surface area contributed by atoms with Crippen LogP contribution in [-0.2, 0) is 6.42 Å². The molecule has 0 spiro atoms. The van der Waals surface area contributed by atoms with E-state index in [-0.39, 0.29) is 12.1 Å². The number of aryl methyl sites for hydroxylation is 1. The van der Waals surface area contributed by atoms with Crippen molar-refractivity contribution in [3.05, 3.63) is 64.7 Å². The molecule has 3 rings (SSSR count). The van der Waals surface area contributed by atoms with E-state index >= 15 is 0 Å². The minimum atomic E-state index is -0.0355. The van der Waals surface area contributed by atoms with E-state index in [0.717, 1.165) is 42.1 Å². The van der Waals surface area contributed by atoms with E-state index in [1.165, 1.54) is 5.56 Å². The van der Waals surface area contributed by atoms with Crippen LogP contribution in [0.1, 0.15) is 36.9 Å². The zero-order valence-electron chi connectivity index (χ0n) is 13.3. The Hall–Kier alpha value is -2.00. The number of nitrogens with one attached hydrogen (secondary N) is 1. The average molecular weight is 329 g/mol. The molecule has 0 bridgehead atoms. The van der Waals surface area contributed by atoms with Gasteiger partial charge in [-0.1, -0.05) is 42.8 Å². The van der Waals surface area contributed by atoms with Crippen molar-refractivity contribution in [2.24, 2.45) is 0 Å². The van der Waals surface area contributed by atoms with E-state index in [9.17, 15) is 4.79 Å². The third-order valence-electron chi connectivity index (χ3n) is 4.38. The minimum Gasteiger partial charge on any atom is -0.317 e. The van der Waals surface area contributed by atoms with Gasteiger partial charge in [-0.3, -0.25) is 0 Å². The number of likely N-dealkylation sites (tertiary alicyclic amines) is 1. The van der Waals surface area contributed by atoms with E-state index < -0.39 is 0 Å². The van der Waals surface area contributed by atoms with Crippen LogP contribution in [0.4, 0.5) is 10.5 Å². The number of hydrogen-bond donors (Lipinski definition) is 1. The van der Waals surface area contributed by atoms with Crippen LogP contribution in [-0.4, -0.2) is 17.5 Å². The van der Waals surface area contributed by atoms with Crippen LogP contribution in [0.15, 0.2) is 48.5 Å². The van der Waals surface area contributed by atoms with Gasteiger partial charge in [-0.25, -0.2) is 4.79 Å². The van der Waals surface area contributed by atoms with Gasteiger partial charge in [0.25, 0.3) is 0 Å². The summed E-state index contributed by atoms with van der Waals surface area (Å²) in [5.74, 6) is 0. The second-order valence-electron chi connectivity index (χ2n) is 5.88. The van der Waals surface area contributed by atoms with Gasteiger partial charge in [0.05, 0.1) is 6.04 Å². The molecule has 1 aliphatic heterocycles.